The van der Waals surface area contributed by atoms with Crippen LogP contribution in [-0.2, 0) is 16.1 Å². The fraction of sp³-hybridized carbons (Fsp3) is 0.538. The van der Waals surface area contributed by atoms with Crippen molar-refractivity contribution < 1.29 is 14.7 Å². The van der Waals surface area contributed by atoms with E-state index in [0.717, 1.165) is 4.57 Å². The van der Waals surface area contributed by atoms with E-state index in [9.17, 15) is 19.2 Å². The first-order valence-corrected chi connectivity index (χ1v) is 6.72. The average Bonchev–Trinajstić information content (AvgIpc) is 2.48. The molecule has 1 aromatic heterocycles. The standard InChI is InChI=1S/C13H20N4O5/c1-9-5-17(13(22)15-12(9)21)7-11(20)16(3-4-18)6-10(8-19)14-2/h4-5,10,14,19H,3,6-8H2,1-2H3,(H,15,21,22). The topological polar surface area (TPSA) is 124 Å². The smallest absolute Gasteiger partial charge is 0.328 e. The second-order valence-electron chi connectivity index (χ2n) is 4.83. The molecule has 0 aliphatic rings. The molecule has 122 valence electrons. The Labute approximate surface area is 126 Å². The number of aromatic amines is 1. The van der Waals surface area contributed by atoms with E-state index in [4.69, 9.17) is 5.11 Å². The highest BCUT2D eigenvalue weighted by Gasteiger charge is 2.18. The van der Waals surface area contributed by atoms with Crippen LogP contribution in [0.4, 0.5) is 0 Å². The third kappa shape index (κ3) is 4.64. The molecular weight excluding hydrogens is 292 g/mol. The lowest BCUT2D eigenvalue weighted by Crippen LogP contribution is -2.47. The van der Waals surface area contributed by atoms with Gasteiger partial charge < -0.3 is 20.1 Å². The van der Waals surface area contributed by atoms with Crippen molar-refractivity contribution in [2.24, 2.45) is 0 Å². The lowest BCUT2D eigenvalue weighted by atomic mass is 10.2. The minimum absolute atomic E-state index is 0.127. The van der Waals surface area contributed by atoms with Crippen molar-refractivity contribution in [1.82, 2.24) is 19.8 Å². The summed E-state index contributed by atoms with van der Waals surface area (Å²) in [5.74, 6) is -0.464. The molecular formula is C13H20N4O5. The second-order valence-corrected chi connectivity index (χ2v) is 4.83. The number of aliphatic hydroxyl groups excluding tert-OH is 1. The van der Waals surface area contributed by atoms with Gasteiger partial charge in [-0.25, -0.2) is 4.79 Å². The van der Waals surface area contributed by atoms with Crippen LogP contribution in [-0.4, -0.2) is 64.5 Å². The Morgan fingerprint density at radius 1 is 1.55 bits per heavy atom. The van der Waals surface area contributed by atoms with Crippen molar-refractivity contribution in [3.05, 3.63) is 32.6 Å². The van der Waals surface area contributed by atoms with E-state index in [0.29, 0.717) is 11.8 Å². The lowest BCUT2D eigenvalue weighted by Gasteiger charge is -2.25. The third-order valence-electron chi connectivity index (χ3n) is 3.21. The summed E-state index contributed by atoms with van der Waals surface area (Å²) in [6, 6.07) is -0.377. The Morgan fingerprint density at radius 3 is 2.77 bits per heavy atom. The Morgan fingerprint density at radius 2 is 2.23 bits per heavy atom. The molecule has 22 heavy (non-hydrogen) atoms. The van der Waals surface area contributed by atoms with Gasteiger partial charge in [0.15, 0.2) is 0 Å². The van der Waals surface area contributed by atoms with Crippen molar-refractivity contribution in [3.8, 4) is 0 Å². The number of amides is 1. The van der Waals surface area contributed by atoms with Crippen molar-refractivity contribution >= 4 is 12.2 Å². The summed E-state index contributed by atoms with van der Waals surface area (Å²) in [5, 5.41) is 12.0. The van der Waals surface area contributed by atoms with E-state index in [2.05, 4.69) is 10.3 Å². The van der Waals surface area contributed by atoms with Gasteiger partial charge in [-0.2, -0.15) is 0 Å². The SMILES string of the molecule is CNC(CO)CN(CC=O)C(=O)Cn1cc(C)c(=O)[nH]c1=O. The maximum Gasteiger partial charge on any atom is 0.328 e. The molecule has 0 spiro atoms. The molecule has 0 aromatic carbocycles. The maximum absolute atomic E-state index is 12.2. The van der Waals surface area contributed by atoms with E-state index in [-0.39, 0.29) is 32.3 Å². The maximum atomic E-state index is 12.2. The molecule has 1 heterocycles. The summed E-state index contributed by atoms with van der Waals surface area (Å²) in [4.78, 5) is 49.2. The van der Waals surface area contributed by atoms with Crippen molar-refractivity contribution in [2.75, 3.05) is 26.7 Å². The number of aliphatic hydroxyl groups is 1. The van der Waals surface area contributed by atoms with Gasteiger partial charge in [-0.1, -0.05) is 0 Å². The fourth-order valence-electron chi connectivity index (χ4n) is 1.86. The number of carbonyl (C=O) groups is 2. The summed E-state index contributed by atoms with van der Waals surface area (Å²) in [7, 11) is 1.63. The Bertz CT molecular complexity index is 632. The summed E-state index contributed by atoms with van der Waals surface area (Å²) < 4.78 is 1.07. The summed E-state index contributed by atoms with van der Waals surface area (Å²) in [6.45, 7) is 1.00. The van der Waals surface area contributed by atoms with Gasteiger partial charge in [0.2, 0.25) is 5.91 Å². The molecule has 1 atom stereocenters. The summed E-state index contributed by atoms with van der Waals surface area (Å²) in [5.41, 5.74) is -0.894. The van der Waals surface area contributed by atoms with Gasteiger partial charge >= 0.3 is 5.69 Å². The molecule has 1 rings (SSSR count). The number of hydrogen-bond donors (Lipinski definition) is 3. The van der Waals surface area contributed by atoms with Crippen molar-refractivity contribution in [3.63, 3.8) is 0 Å². The Kier molecular flexibility index (Phi) is 6.67. The minimum Gasteiger partial charge on any atom is -0.395 e. The molecule has 9 heteroatoms. The molecule has 0 saturated carbocycles. The quantitative estimate of drug-likeness (QED) is 0.454. The van der Waals surface area contributed by atoms with Gasteiger partial charge in [0.25, 0.3) is 5.56 Å². The number of nitrogens with one attached hydrogen (secondary N) is 2. The van der Waals surface area contributed by atoms with Gasteiger partial charge in [0, 0.05) is 24.3 Å². The van der Waals surface area contributed by atoms with Gasteiger partial charge in [-0.3, -0.25) is 19.1 Å². The van der Waals surface area contributed by atoms with Crippen LogP contribution in [0, 0.1) is 6.92 Å². The zero-order valence-electron chi connectivity index (χ0n) is 12.5. The highest BCUT2D eigenvalue weighted by atomic mass is 16.3. The van der Waals surface area contributed by atoms with Gasteiger partial charge in [0.1, 0.15) is 12.8 Å². The first-order chi connectivity index (χ1) is 10.4. The number of nitrogens with zero attached hydrogens (tertiary/aromatic N) is 2. The number of aldehydes is 1. The number of carbonyl (C=O) groups excluding carboxylic acids is 2. The average molecular weight is 312 g/mol. The molecule has 1 aromatic rings. The number of aryl methyl sites for hydroxylation is 1. The Balaban J connectivity index is 2.91. The highest BCUT2D eigenvalue weighted by Crippen LogP contribution is 1.96. The first kappa shape index (κ1) is 17.8. The minimum atomic E-state index is -0.692. The van der Waals surface area contributed by atoms with E-state index in [1.165, 1.54) is 18.0 Å². The van der Waals surface area contributed by atoms with Crippen molar-refractivity contribution in [2.45, 2.75) is 19.5 Å². The largest absolute Gasteiger partial charge is 0.395 e. The number of aromatic nitrogens is 2. The van der Waals surface area contributed by atoms with Crippen LogP contribution in [0.25, 0.3) is 0 Å². The van der Waals surface area contributed by atoms with Gasteiger partial charge in [-0.15, -0.1) is 0 Å². The third-order valence-corrected chi connectivity index (χ3v) is 3.21. The molecule has 9 nitrogen and oxygen atoms in total. The van der Waals surface area contributed by atoms with Gasteiger partial charge in [-0.05, 0) is 14.0 Å². The molecule has 0 fully saturated rings. The Hall–Kier alpha value is -2.26. The predicted molar refractivity (Wildman–Crippen MR) is 78.6 cm³/mol. The van der Waals surface area contributed by atoms with E-state index in [1.807, 2.05) is 0 Å². The molecule has 0 radical (unpaired) electrons. The first-order valence-electron chi connectivity index (χ1n) is 6.72. The molecule has 0 saturated heterocycles. The zero-order chi connectivity index (χ0) is 16.7. The number of H-pyrrole nitrogens is 1. The number of likely N-dealkylation sites (N-methyl/N-ethyl adjacent to an activating group) is 1. The zero-order valence-corrected chi connectivity index (χ0v) is 12.5. The van der Waals surface area contributed by atoms with Crippen molar-refractivity contribution in [1.29, 1.82) is 0 Å². The summed E-state index contributed by atoms with van der Waals surface area (Å²) >= 11 is 0. The van der Waals surface area contributed by atoms with Gasteiger partial charge in [0.05, 0.1) is 13.2 Å². The molecule has 0 aliphatic heterocycles. The molecule has 0 bridgehead atoms. The van der Waals surface area contributed by atoms with Crippen LogP contribution in [0.15, 0.2) is 15.8 Å². The molecule has 1 unspecified atom stereocenters. The van der Waals surface area contributed by atoms with E-state index in [1.54, 1.807) is 7.05 Å². The molecule has 0 aliphatic carbocycles. The summed E-state index contributed by atoms with van der Waals surface area (Å²) in [6.07, 6.45) is 1.86. The number of hydrogen-bond acceptors (Lipinski definition) is 6. The molecule has 3 N–H and O–H groups in total. The van der Waals surface area contributed by atoms with Crippen LogP contribution in [0.2, 0.25) is 0 Å². The van der Waals surface area contributed by atoms with Crippen LogP contribution >= 0.6 is 0 Å². The van der Waals surface area contributed by atoms with Crippen LogP contribution in [0.1, 0.15) is 5.56 Å². The fourth-order valence-corrected chi connectivity index (χ4v) is 1.86. The van der Waals surface area contributed by atoms with Crippen LogP contribution in [0.5, 0.6) is 0 Å². The number of rotatable bonds is 8. The lowest BCUT2D eigenvalue weighted by molar-refractivity contribution is -0.134. The van der Waals surface area contributed by atoms with Crippen LogP contribution in [0.3, 0.4) is 0 Å². The normalized spacial score (nSPS) is 12.0. The van der Waals surface area contributed by atoms with Crippen LogP contribution < -0.4 is 16.6 Å². The monoisotopic (exact) mass is 312 g/mol. The van der Waals surface area contributed by atoms with E-state index >= 15 is 0 Å². The van der Waals surface area contributed by atoms with E-state index < -0.39 is 17.2 Å². The predicted octanol–water partition coefficient (Wildman–Crippen LogP) is -2.55. The molecule has 1 amide bonds. The second kappa shape index (κ2) is 8.25. The highest BCUT2D eigenvalue weighted by molar-refractivity contribution is 5.78.